The van der Waals surface area contributed by atoms with Crippen molar-refractivity contribution in [1.29, 1.82) is 0 Å². The molecular formula is C16H19Cl2NO3. The van der Waals surface area contributed by atoms with Crippen LogP contribution in [0.2, 0.25) is 5.02 Å². The van der Waals surface area contributed by atoms with Gasteiger partial charge in [-0.15, -0.1) is 12.4 Å². The molecule has 22 heavy (non-hydrogen) atoms. The molecule has 0 fully saturated rings. The molecule has 2 aromatic rings. The summed E-state index contributed by atoms with van der Waals surface area (Å²) in [7, 11) is 0. The average Bonchev–Trinajstić information content (AvgIpc) is 2.92. The number of furan rings is 1. The zero-order chi connectivity index (χ0) is 15.2. The van der Waals surface area contributed by atoms with Gasteiger partial charge < -0.3 is 14.8 Å². The van der Waals surface area contributed by atoms with Crippen molar-refractivity contribution >= 4 is 30.0 Å². The second kappa shape index (κ2) is 8.83. The second-order valence-corrected chi connectivity index (χ2v) is 5.20. The van der Waals surface area contributed by atoms with E-state index in [0.717, 1.165) is 25.1 Å². The topological polar surface area (TPSA) is 62.5 Å². The molecule has 4 nitrogen and oxygen atoms in total. The molecule has 2 N–H and O–H groups in total. The van der Waals surface area contributed by atoms with Crippen molar-refractivity contribution in [2.75, 3.05) is 6.54 Å². The Morgan fingerprint density at radius 2 is 2.09 bits per heavy atom. The minimum atomic E-state index is -0.985. The third-order valence-electron chi connectivity index (χ3n) is 3.15. The van der Waals surface area contributed by atoms with E-state index in [9.17, 15) is 4.79 Å². The molecule has 6 heteroatoms. The van der Waals surface area contributed by atoms with E-state index >= 15 is 0 Å². The van der Waals surface area contributed by atoms with Gasteiger partial charge in [-0.05, 0) is 43.3 Å². The minimum absolute atomic E-state index is 0. The molecule has 0 unspecified atom stereocenters. The smallest absolute Gasteiger partial charge is 0.335 e. The summed E-state index contributed by atoms with van der Waals surface area (Å²) in [6.45, 7) is 3.74. The van der Waals surface area contributed by atoms with Gasteiger partial charge >= 0.3 is 5.97 Å². The fourth-order valence-corrected chi connectivity index (χ4v) is 2.19. The number of rotatable bonds is 7. The number of benzene rings is 1. The zero-order valence-electron chi connectivity index (χ0n) is 12.3. The lowest BCUT2D eigenvalue weighted by Gasteiger charge is -2.03. The van der Waals surface area contributed by atoms with Gasteiger partial charge in [-0.25, -0.2) is 4.79 Å². The van der Waals surface area contributed by atoms with Crippen LogP contribution in [0.3, 0.4) is 0 Å². The Bertz CT molecular complexity index is 626. The number of carboxylic acids is 1. The lowest BCUT2D eigenvalue weighted by molar-refractivity contribution is 0.0697. The summed E-state index contributed by atoms with van der Waals surface area (Å²) in [5, 5.41) is 12.8. The van der Waals surface area contributed by atoms with E-state index in [4.69, 9.17) is 21.1 Å². The molecule has 0 atom stereocenters. The summed E-state index contributed by atoms with van der Waals surface area (Å²) < 4.78 is 5.73. The molecule has 1 aromatic heterocycles. The van der Waals surface area contributed by atoms with Crippen LogP contribution in [0.25, 0.3) is 11.3 Å². The molecular weight excluding hydrogens is 325 g/mol. The number of nitrogens with one attached hydrogen (secondary N) is 1. The monoisotopic (exact) mass is 343 g/mol. The Balaban J connectivity index is 0.00000242. The maximum absolute atomic E-state index is 11.0. The van der Waals surface area contributed by atoms with Crippen LogP contribution in [0.4, 0.5) is 0 Å². The van der Waals surface area contributed by atoms with Crippen LogP contribution in [-0.4, -0.2) is 17.6 Å². The lowest BCUT2D eigenvalue weighted by atomic mass is 10.1. The van der Waals surface area contributed by atoms with Crippen molar-refractivity contribution in [1.82, 2.24) is 5.32 Å². The molecule has 0 amide bonds. The summed E-state index contributed by atoms with van der Waals surface area (Å²) >= 11 is 6.12. The molecule has 0 saturated heterocycles. The number of unbranched alkanes of at least 4 members (excludes halogenated alkanes) is 1. The standard InChI is InChI=1S/C16H18ClNO3.ClH/c1-2-3-8-18-10-12-5-7-15(21-12)13-9-11(16(19)20)4-6-14(13)17;/h4-7,9,18H,2-3,8,10H2,1H3,(H,19,20);1H. The largest absolute Gasteiger partial charge is 0.478 e. The van der Waals surface area contributed by atoms with E-state index in [0.29, 0.717) is 22.9 Å². The fourth-order valence-electron chi connectivity index (χ4n) is 1.98. The molecule has 2 rings (SSSR count). The zero-order valence-corrected chi connectivity index (χ0v) is 13.8. The molecule has 0 saturated carbocycles. The Kier molecular flexibility index (Phi) is 7.45. The van der Waals surface area contributed by atoms with Crippen LogP contribution in [0.5, 0.6) is 0 Å². The number of halogens is 2. The summed E-state index contributed by atoms with van der Waals surface area (Å²) in [5.41, 5.74) is 0.782. The van der Waals surface area contributed by atoms with Crippen molar-refractivity contribution in [3.8, 4) is 11.3 Å². The Hall–Kier alpha value is -1.49. The first-order chi connectivity index (χ1) is 10.1. The van der Waals surface area contributed by atoms with E-state index in [1.54, 1.807) is 6.07 Å². The molecule has 0 bridgehead atoms. The fraction of sp³-hybridized carbons (Fsp3) is 0.312. The first kappa shape index (κ1) is 18.6. The normalized spacial score (nSPS) is 10.3. The van der Waals surface area contributed by atoms with Crippen LogP contribution < -0.4 is 5.32 Å². The van der Waals surface area contributed by atoms with Gasteiger partial charge in [0.2, 0.25) is 0 Å². The number of hydrogen-bond donors (Lipinski definition) is 2. The van der Waals surface area contributed by atoms with Crippen LogP contribution in [-0.2, 0) is 6.54 Å². The highest BCUT2D eigenvalue weighted by atomic mass is 35.5. The quantitative estimate of drug-likeness (QED) is 0.720. The summed E-state index contributed by atoms with van der Waals surface area (Å²) in [6, 6.07) is 8.26. The summed E-state index contributed by atoms with van der Waals surface area (Å²) in [4.78, 5) is 11.0. The maximum atomic E-state index is 11.0. The van der Waals surface area contributed by atoms with Gasteiger partial charge in [0.15, 0.2) is 0 Å². The third-order valence-corrected chi connectivity index (χ3v) is 3.48. The Labute approximate surface area is 140 Å². The van der Waals surface area contributed by atoms with E-state index < -0.39 is 5.97 Å². The van der Waals surface area contributed by atoms with Crippen molar-refractivity contribution < 1.29 is 14.3 Å². The van der Waals surface area contributed by atoms with Crippen molar-refractivity contribution in [2.24, 2.45) is 0 Å². The molecule has 1 heterocycles. The van der Waals surface area contributed by atoms with Gasteiger partial charge in [0.25, 0.3) is 0 Å². The van der Waals surface area contributed by atoms with Gasteiger partial charge in [0, 0.05) is 5.56 Å². The van der Waals surface area contributed by atoms with E-state index in [1.807, 2.05) is 12.1 Å². The highest BCUT2D eigenvalue weighted by Gasteiger charge is 2.12. The molecule has 0 aliphatic carbocycles. The average molecular weight is 344 g/mol. The van der Waals surface area contributed by atoms with Crippen LogP contribution in [0.15, 0.2) is 34.7 Å². The first-order valence-electron chi connectivity index (χ1n) is 6.94. The molecule has 0 aliphatic rings. The Morgan fingerprint density at radius 3 is 2.77 bits per heavy atom. The Morgan fingerprint density at radius 1 is 1.32 bits per heavy atom. The lowest BCUT2D eigenvalue weighted by Crippen LogP contribution is -2.13. The minimum Gasteiger partial charge on any atom is -0.478 e. The molecule has 1 aromatic carbocycles. The number of carboxylic acid groups (broad SMARTS) is 1. The van der Waals surface area contributed by atoms with Gasteiger partial charge in [-0.2, -0.15) is 0 Å². The third kappa shape index (κ3) is 4.77. The number of aromatic carboxylic acids is 1. The summed E-state index contributed by atoms with van der Waals surface area (Å²) in [6.07, 6.45) is 2.27. The van der Waals surface area contributed by atoms with Gasteiger partial charge in [-0.3, -0.25) is 0 Å². The van der Waals surface area contributed by atoms with E-state index in [-0.39, 0.29) is 18.0 Å². The van der Waals surface area contributed by atoms with Crippen molar-refractivity contribution in [3.05, 3.63) is 46.7 Å². The van der Waals surface area contributed by atoms with Crippen LogP contribution >= 0.6 is 24.0 Å². The van der Waals surface area contributed by atoms with E-state index in [1.165, 1.54) is 12.1 Å². The summed E-state index contributed by atoms with van der Waals surface area (Å²) in [5.74, 6) is 0.397. The predicted octanol–water partition coefficient (Wildman–Crippen LogP) is 4.61. The van der Waals surface area contributed by atoms with Crippen LogP contribution in [0.1, 0.15) is 35.9 Å². The molecule has 0 aliphatic heterocycles. The van der Waals surface area contributed by atoms with Crippen molar-refractivity contribution in [2.45, 2.75) is 26.3 Å². The highest BCUT2D eigenvalue weighted by Crippen LogP contribution is 2.30. The van der Waals surface area contributed by atoms with E-state index in [2.05, 4.69) is 12.2 Å². The van der Waals surface area contributed by atoms with Gasteiger partial charge in [-0.1, -0.05) is 24.9 Å². The molecule has 0 radical (unpaired) electrons. The van der Waals surface area contributed by atoms with Gasteiger partial charge in [0.05, 0.1) is 17.1 Å². The maximum Gasteiger partial charge on any atom is 0.335 e. The van der Waals surface area contributed by atoms with Gasteiger partial charge in [0.1, 0.15) is 11.5 Å². The highest BCUT2D eigenvalue weighted by molar-refractivity contribution is 6.33. The number of carbonyl (C=O) groups is 1. The SMILES string of the molecule is CCCCNCc1ccc(-c2cc(C(=O)O)ccc2Cl)o1.Cl. The molecule has 0 spiro atoms. The second-order valence-electron chi connectivity index (χ2n) is 4.80. The number of hydrogen-bond acceptors (Lipinski definition) is 3. The van der Waals surface area contributed by atoms with Crippen LogP contribution in [0, 0.1) is 0 Å². The van der Waals surface area contributed by atoms with Crippen molar-refractivity contribution in [3.63, 3.8) is 0 Å². The molecule has 120 valence electrons. The predicted molar refractivity (Wildman–Crippen MR) is 90.0 cm³/mol. The first-order valence-corrected chi connectivity index (χ1v) is 7.32.